The molecule has 0 aliphatic heterocycles. The van der Waals surface area contributed by atoms with Crippen molar-refractivity contribution in [2.45, 2.75) is 59.0 Å². The third kappa shape index (κ3) is 5.78. The van der Waals surface area contributed by atoms with E-state index < -0.39 is 0 Å². The molecule has 1 aromatic rings. The van der Waals surface area contributed by atoms with Gasteiger partial charge in [0, 0.05) is 30.8 Å². The third-order valence-electron chi connectivity index (χ3n) is 4.04. The zero-order valence-corrected chi connectivity index (χ0v) is 14.4. The maximum Gasteiger partial charge on any atom is 0.225 e. The number of aliphatic hydroxyl groups is 1. The second-order valence-corrected chi connectivity index (χ2v) is 6.51. The predicted molar refractivity (Wildman–Crippen MR) is 92.1 cm³/mol. The molecule has 0 bridgehead atoms. The summed E-state index contributed by atoms with van der Waals surface area (Å²) in [6.07, 6.45) is 0.412. The van der Waals surface area contributed by atoms with E-state index in [2.05, 4.69) is 24.5 Å². The van der Waals surface area contributed by atoms with Crippen LogP contribution in [0.1, 0.15) is 52.5 Å². The summed E-state index contributed by atoms with van der Waals surface area (Å²) < 4.78 is 0. The van der Waals surface area contributed by atoms with Crippen molar-refractivity contribution in [2.75, 3.05) is 11.9 Å². The zero-order valence-electron chi connectivity index (χ0n) is 14.4. The first-order valence-corrected chi connectivity index (χ1v) is 8.10. The summed E-state index contributed by atoms with van der Waals surface area (Å²) >= 11 is 0. The van der Waals surface area contributed by atoms with Crippen molar-refractivity contribution in [1.29, 1.82) is 0 Å². The van der Waals surface area contributed by atoms with Gasteiger partial charge in [-0.25, -0.2) is 0 Å². The fourth-order valence-corrected chi connectivity index (χ4v) is 2.42. The first-order valence-electron chi connectivity index (χ1n) is 8.10. The van der Waals surface area contributed by atoms with Gasteiger partial charge >= 0.3 is 0 Å². The number of anilines is 1. The average molecular weight is 306 g/mol. The Hall–Kier alpha value is -1.39. The number of hydrogen-bond donors (Lipinski definition) is 3. The highest BCUT2D eigenvalue weighted by atomic mass is 16.3. The van der Waals surface area contributed by atoms with Crippen molar-refractivity contribution in [2.24, 2.45) is 5.92 Å². The highest BCUT2D eigenvalue weighted by Crippen LogP contribution is 2.23. The highest BCUT2D eigenvalue weighted by molar-refractivity contribution is 5.91. The normalized spacial score (nSPS) is 15.4. The largest absolute Gasteiger partial charge is 0.396 e. The van der Waals surface area contributed by atoms with E-state index >= 15 is 0 Å². The molecule has 3 N–H and O–H groups in total. The standard InChI is InChI=1S/C18H30N2O2/c1-12(2)16-8-6-7-9-17(16)20-18(22)10-14(4)19-15(5)13(3)11-21/h6-9,12-15,19,21H,10-11H2,1-5H3,(H,20,22). The van der Waals surface area contributed by atoms with Crippen LogP contribution in [0.4, 0.5) is 5.69 Å². The second kappa shape index (κ2) is 8.91. The number of benzene rings is 1. The van der Waals surface area contributed by atoms with Crippen LogP contribution in [0.2, 0.25) is 0 Å². The molecular weight excluding hydrogens is 276 g/mol. The Labute approximate surface area is 134 Å². The molecular formula is C18H30N2O2. The number of nitrogens with one attached hydrogen (secondary N) is 2. The topological polar surface area (TPSA) is 61.4 Å². The molecule has 0 aliphatic carbocycles. The van der Waals surface area contributed by atoms with Crippen molar-refractivity contribution in [3.8, 4) is 0 Å². The van der Waals surface area contributed by atoms with Gasteiger partial charge in [0.1, 0.15) is 0 Å². The van der Waals surface area contributed by atoms with Crippen LogP contribution in [-0.4, -0.2) is 29.7 Å². The summed E-state index contributed by atoms with van der Waals surface area (Å²) in [5.41, 5.74) is 2.05. The number of carbonyl (C=O) groups is 1. The Morgan fingerprint density at radius 2 is 1.77 bits per heavy atom. The first-order chi connectivity index (χ1) is 10.3. The van der Waals surface area contributed by atoms with Crippen LogP contribution in [0, 0.1) is 5.92 Å². The number of rotatable bonds is 8. The smallest absolute Gasteiger partial charge is 0.225 e. The van der Waals surface area contributed by atoms with Gasteiger partial charge < -0.3 is 15.7 Å². The van der Waals surface area contributed by atoms with Crippen molar-refractivity contribution in [3.05, 3.63) is 29.8 Å². The van der Waals surface area contributed by atoms with Crippen molar-refractivity contribution in [1.82, 2.24) is 5.32 Å². The van der Waals surface area contributed by atoms with Crippen LogP contribution in [0.15, 0.2) is 24.3 Å². The van der Waals surface area contributed by atoms with Crippen LogP contribution in [-0.2, 0) is 4.79 Å². The van der Waals surface area contributed by atoms with Crippen molar-refractivity contribution >= 4 is 11.6 Å². The third-order valence-corrected chi connectivity index (χ3v) is 4.04. The van der Waals surface area contributed by atoms with E-state index in [0.717, 1.165) is 11.3 Å². The molecule has 0 radical (unpaired) electrons. The van der Waals surface area contributed by atoms with Gasteiger partial charge in [-0.2, -0.15) is 0 Å². The molecule has 0 heterocycles. The van der Waals surface area contributed by atoms with E-state index in [0.29, 0.717) is 12.3 Å². The Balaban J connectivity index is 2.56. The fourth-order valence-electron chi connectivity index (χ4n) is 2.42. The molecule has 0 aliphatic rings. The van der Waals surface area contributed by atoms with Gasteiger partial charge in [0.2, 0.25) is 5.91 Å². The maximum atomic E-state index is 12.2. The molecule has 0 spiro atoms. The number of amides is 1. The van der Waals surface area contributed by atoms with E-state index in [1.54, 1.807) is 0 Å². The molecule has 1 amide bonds. The van der Waals surface area contributed by atoms with Gasteiger partial charge in [-0.3, -0.25) is 4.79 Å². The van der Waals surface area contributed by atoms with Gasteiger partial charge in [0.05, 0.1) is 0 Å². The van der Waals surface area contributed by atoms with Gasteiger partial charge in [-0.1, -0.05) is 39.0 Å². The zero-order chi connectivity index (χ0) is 16.7. The summed E-state index contributed by atoms with van der Waals surface area (Å²) in [6, 6.07) is 8.17. The second-order valence-electron chi connectivity index (χ2n) is 6.51. The molecule has 4 nitrogen and oxygen atoms in total. The Kier molecular flexibility index (Phi) is 7.56. The number of carbonyl (C=O) groups excluding carboxylic acids is 1. The lowest BCUT2D eigenvalue weighted by atomic mass is 10.0. The highest BCUT2D eigenvalue weighted by Gasteiger charge is 2.16. The van der Waals surface area contributed by atoms with Crippen molar-refractivity contribution in [3.63, 3.8) is 0 Å². The van der Waals surface area contributed by atoms with Crippen LogP contribution >= 0.6 is 0 Å². The van der Waals surface area contributed by atoms with Crippen molar-refractivity contribution < 1.29 is 9.90 Å². The SMILES string of the molecule is CC(CC(=O)Nc1ccccc1C(C)C)NC(C)C(C)CO. The number of hydrogen-bond acceptors (Lipinski definition) is 3. The number of aliphatic hydroxyl groups excluding tert-OH is 1. The lowest BCUT2D eigenvalue weighted by Gasteiger charge is -2.24. The molecule has 1 rings (SSSR count). The summed E-state index contributed by atoms with van der Waals surface area (Å²) in [5, 5.41) is 15.5. The summed E-state index contributed by atoms with van der Waals surface area (Å²) in [6.45, 7) is 10.4. The summed E-state index contributed by atoms with van der Waals surface area (Å²) in [4.78, 5) is 12.2. The molecule has 22 heavy (non-hydrogen) atoms. The minimum Gasteiger partial charge on any atom is -0.396 e. The lowest BCUT2D eigenvalue weighted by Crippen LogP contribution is -2.41. The van der Waals surface area contributed by atoms with Crippen LogP contribution in [0.5, 0.6) is 0 Å². The molecule has 3 unspecified atom stereocenters. The molecule has 124 valence electrons. The molecule has 0 saturated carbocycles. The lowest BCUT2D eigenvalue weighted by molar-refractivity contribution is -0.116. The summed E-state index contributed by atoms with van der Waals surface area (Å²) in [5.74, 6) is 0.557. The minimum absolute atomic E-state index is 0.0111. The average Bonchev–Trinajstić information content (AvgIpc) is 2.46. The molecule has 0 fully saturated rings. The monoisotopic (exact) mass is 306 g/mol. The van der Waals surface area contributed by atoms with Gasteiger partial charge in [-0.15, -0.1) is 0 Å². The minimum atomic E-state index is 0.0111. The van der Waals surface area contributed by atoms with Crippen LogP contribution in [0.25, 0.3) is 0 Å². The predicted octanol–water partition coefficient (Wildman–Crippen LogP) is 3.13. The Morgan fingerprint density at radius 1 is 1.14 bits per heavy atom. The van der Waals surface area contributed by atoms with E-state index in [9.17, 15) is 4.79 Å². The summed E-state index contributed by atoms with van der Waals surface area (Å²) in [7, 11) is 0. The molecule has 0 saturated heterocycles. The van der Waals surface area contributed by atoms with E-state index in [-0.39, 0.29) is 30.5 Å². The van der Waals surface area contributed by atoms with E-state index in [1.165, 1.54) is 0 Å². The van der Waals surface area contributed by atoms with Gasteiger partial charge in [0.25, 0.3) is 0 Å². The molecule has 4 heteroatoms. The molecule has 0 aromatic heterocycles. The van der Waals surface area contributed by atoms with Gasteiger partial charge in [0.15, 0.2) is 0 Å². The molecule has 1 aromatic carbocycles. The molecule has 3 atom stereocenters. The Morgan fingerprint density at radius 3 is 2.36 bits per heavy atom. The van der Waals surface area contributed by atoms with E-state index in [1.807, 2.05) is 45.0 Å². The fraction of sp³-hybridized carbons (Fsp3) is 0.611. The van der Waals surface area contributed by atoms with Gasteiger partial charge in [-0.05, 0) is 37.3 Å². The number of para-hydroxylation sites is 1. The Bertz CT molecular complexity index is 474. The quantitative estimate of drug-likeness (QED) is 0.691. The first kappa shape index (κ1) is 18.7. The van der Waals surface area contributed by atoms with Crippen LogP contribution < -0.4 is 10.6 Å². The van der Waals surface area contributed by atoms with E-state index in [4.69, 9.17) is 5.11 Å². The van der Waals surface area contributed by atoms with Crippen LogP contribution in [0.3, 0.4) is 0 Å². The maximum absolute atomic E-state index is 12.2.